The minimum atomic E-state index is -0.564. The van der Waals surface area contributed by atoms with E-state index in [2.05, 4.69) is 32.4 Å². The summed E-state index contributed by atoms with van der Waals surface area (Å²) in [5.41, 5.74) is 4.60. The molecule has 0 spiro atoms. The number of halogens is 1. The first-order valence-electron chi connectivity index (χ1n) is 12.0. The fourth-order valence-electron chi connectivity index (χ4n) is 4.03. The molecular weight excluding hydrogens is 472 g/mol. The topological polar surface area (TPSA) is 79.9 Å². The van der Waals surface area contributed by atoms with Gasteiger partial charge < -0.3 is 15.0 Å². The van der Waals surface area contributed by atoms with E-state index in [4.69, 9.17) is 16.3 Å². The predicted molar refractivity (Wildman–Crippen MR) is 146 cm³/mol. The molecule has 0 aliphatic rings. The SMILES string of the molecule is CC(C)(C)OC(=O)N[C@H](CCc1cnc(Cl)c(C=Cc2ccncc2)c1)Cc1c[nH]c2ccccc12. The van der Waals surface area contributed by atoms with Crippen molar-refractivity contribution in [3.05, 3.63) is 94.7 Å². The van der Waals surface area contributed by atoms with Gasteiger partial charge in [-0.25, -0.2) is 9.78 Å². The van der Waals surface area contributed by atoms with Crippen LogP contribution in [0.1, 0.15) is 49.4 Å². The highest BCUT2D eigenvalue weighted by molar-refractivity contribution is 6.31. The Labute approximate surface area is 216 Å². The van der Waals surface area contributed by atoms with Gasteiger partial charge >= 0.3 is 6.09 Å². The summed E-state index contributed by atoms with van der Waals surface area (Å²) in [5, 5.41) is 4.69. The zero-order chi connectivity index (χ0) is 25.5. The molecule has 36 heavy (non-hydrogen) atoms. The van der Waals surface area contributed by atoms with Crippen molar-refractivity contribution in [1.29, 1.82) is 0 Å². The Bertz CT molecular complexity index is 1340. The van der Waals surface area contributed by atoms with E-state index in [0.29, 0.717) is 11.6 Å². The summed E-state index contributed by atoms with van der Waals surface area (Å²) in [6, 6.07) is 14.0. The molecule has 0 saturated heterocycles. The molecule has 0 fully saturated rings. The molecule has 0 unspecified atom stereocenters. The van der Waals surface area contributed by atoms with E-state index in [9.17, 15) is 4.79 Å². The first-order chi connectivity index (χ1) is 17.3. The van der Waals surface area contributed by atoms with Crippen LogP contribution in [0.2, 0.25) is 5.15 Å². The number of hydrogen-bond acceptors (Lipinski definition) is 4. The molecule has 0 aliphatic heterocycles. The van der Waals surface area contributed by atoms with Crippen LogP contribution >= 0.6 is 11.6 Å². The van der Waals surface area contributed by atoms with Gasteiger partial charge in [0.25, 0.3) is 0 Å². The van der Waals surface area contributed by atoms with Crippen molar-refractivity contribution in [2.24, 2.45) is 0 Å². The summed E-state index contributed by atoms with van der Waals surface area (Å²) in [4.78, 5) is 24.3. The fraction of sp³-hybridized carbons (Fsp3) is 0.276. The van der Waals surface area contributed by atoms with Crippen LogP contribution in [0.4, 0.5) is 4.79 Å². The first-order valence-corrected chi connectivity index (χ1v) is 12.4. The molecule has 0 saturated carbocycles. The fourth-order valence-corrected chi connectivity index (χ4v) is 4.20. The molecule has 4 rings (SSSR count). The molecule has 0 bridgehead atoms. The van der Waals surface area contributed by atoms with Crippen molar-refractivity contribution in [2.45, 2.75) is 51.7 Å². The molecule has 7 heteroatoms. The maximum Gasteiger partial charge on any atom is 0.407 e. The number of aryl methyl sites for hydroxylation is 1. The largest absolute Gasteiger partial charge is 0.444 e. The number of aromatic nitrogens is 3. The second-order valence-electron chi connectivity index (χ2n) is 9.78. The number of nitrogens with one attached hydrogen (secondary N) is 2. The number of nitrogens with zero attached hydrogens (tertiary/aromatic N) is 2. The van der Waals surface area contributed by atoms with Gasteiger partial charge in [0.2, 0.25) is 0 Å². The van der Waals surface area contributed by atoms with Crippen LogP contribution in [0.5, 0.6) is 0 Å². The molecule has 3 aromatic heterocycles. The number of carbonyl (C=O) groups is 1. The number of alkyl carbamates (subject to hydrolysis) is 1. The Kier molecular flexibility index (Phi) is 8.06. The lowest BCUT2D eigenvalue weighted by Gasteiger charge is -2.24. The van der Waals surface area contributed by atoms with Crippen LogP contribution in [0.3, 0.4) is 0 Å². The van der Waals surface area contributed by atoms with Crippen LogP contribution in [0, 0.1) is 0 Å². The summed E-state index contributed by atoms with van der Waals surface area (Å²) < 4.78 is 5.53. The zero-order valence-corrected chi connectivity index (χ0v) is 21.5. The number of carbonyl (C=O) groups excluding carboxylic acids is 1. The Morgan fingerprint density at radius 3 is 2.72 bits per heavy atom. The summed E-state index contributed by atoms with van der Waals surface area (Å²) in [6.07, 6.45) is 13.0. The first kappa shape index (κ1) is 25.5. The number of rotatable bonds is 8. The third kappa shape index (κ3) is 7.18. The van der Waals surface area contributed by atoms with Gasteiger partial charge in [-0.3, -0.25) is 4.98 Å². The second-order valence-corrected chi connectivity index (χ2v) is 10.1. The quantitative estimate of drug-likeness (QED) is 0.258. The molecule has 6 nitrogen and oxygen atoms in total. The predicted octanol–water partition coefficient (Wildman–Crippen LogP) is 6.85. The van der Waals surface area contributed by atoms with Crippen LogP contribution in [-0.2, 0) is 17.6 Å². The van der Waals surface area contributed by atoms with Gasteiger partial charge in [0, 0.05) is 47.3 Å². The van der Waals surface area contributed by atoms with E-state index < -0.39 is 11.7 Å². The lowest BCUT2D eigenvalue weighted by atomic mass is 9.98. The Morgan fingerprint density at radius 1 is 1.17 bits per heavy atom. The van der Waals surface area contributed by atoms with Gasteiger partial charge in [0.15, 0.2) is 0 Å². The maximum absolute atomic E-state index is 12.6. The number of H-pyrrole nitrogens is 1. The Balaban J connectivity index is 1.49. The number of amides is 1. The van der Waals surface area contributed by atoms with E-state index in [-0.39, 0.29) is 6.04 Å². The van der Waals surface area contributed by atoms with Crippen molar-refractivity contribution >= 4 is 40.7 Å². The number of aromatic amines is 1. The molecule has 1 aromatic carbocycles. The zero-order valence-electron chi connectivity index (χ0n) is 20.8. The number of benzene rings is 1. The van der Waals surface area contributed by atoms with Crippen molar-refractivity contribution in [1.82, 2.24) is 20.3 Å². The molecule has 1 amide bonds. The van der Waals surface area contributed by atoms with E-state index in [0.717, 1.165) is 46.0 Å². The van der Waals surface area contributed by atoms with Crippen molar-refractivity contribution in [3.63, 3.8) is 0 Å². The average Bonchev–Trinajstić information content (AvgIpc) is 3.25. The number of fused-ring (bicyclic) bond motifs is 1. The lowest BCUT2D eigenvalue weighted by molar-refractivity contribution is 0.0502. The van der Waals surface area contributed by atoms with Crippen molar-refractivity contribution in [3.8, 4) is 0 Å². The highest BCUT2D eigenvalue weighted by Gasteiger charge is 2.21. The lowest BCUT2D eigenvalue weighted by Crippen LogP contribution is -2.40. The van der Waals surface area contributed by atoms with Crippen molar-refractivity contribution in [2.75, 3.05) is 0 Å². The van der Waals surface area contributed by atoms with E-state index in [1.807, 2.05) is 69.5 Å². The molecule has 0 aliphatic carbocycles. The number of ether oxygens (including phenoxy) is 1. The average molecular weight is 503 g/mol. The summed E-state index contributed by atoms with van der Waals surface area (Å²) in [5.74, 6) is 0. The summed E-state index contributed by atoms with van der Waals surface area (Å²) >= 11 is 6.35. The summed E-state index contributed by atoms with van der Waals surface area (Å²) in [7, 11) is 0. The van der Waals surface area contributed by atoms with E-state index in [1.165, 1.54) is 0 Å². The van der Waals surface area contributed by atoms with Crippen LogP contribution in [0.15, 0.2) is 67.3 Å². The third-order valence-corrected chi connectivity index (χ3v) is 6.04. The molecule has 1 atom stereocenters. The van der Waals surface area contributed by atoms with Gasteiger partial charge in [-0.2, -0.15) is 0 Å². The second kappa shape index (κ2) is 11.4. The monoisotopic (exact) mass is 502 g/mol. The molecule has 4 aromatic rings. The Hall–Kier alpha value is -3.64. The normalized spacial score (nSPS) is 12.7. The minimum absolute atomic E-state index is 0.120. The van der Waals surface area contributed by atoms with Crippen LogP contribution < -0.4 is 5.32 Å². The van der Waals surface area contributed by atoms with Gasteiger partial charge in [-0.05, 0) is 81.0 Å². The highest BCUT2D eigenvalue weighted by atomic mass is 35.5. The standard InChI is InChI=1S/C29H31ClN4O2/c1-29(2,3)36-28(35)34-24(17-23-19-32-26-7-5-4-6-25(23)26)11-9-21-16-22(27(30)33-18-21)10-8-20-12-14-31-15-13-20/h4-8,10,12-16,18-19,24,32H,9,11,17H2,1-3H3,(H,34,35)/t24-/m1/s1. The Morgan fingerprint density at radius 2 is 1.94 bits per heavy atom. The minimum Gasteiger partial charge on any atom is -0.444 e. The van der Waals surface area contributed by atoms with Gasteiger partial charge in [-0.15, -0.1) is 0 Å². The molecule has 3 heterocycles. The highest BCUT2D eigenvalue weighted by Crippen LogP contribution is 2.22. The molecule has 186 valence electrons. The smallest absolute Gasteiger partial charge is 0.407 e. The van der Waals surface area contributed by atoms with Crippen LogP contribution in [0.25, 0.3) is 23.1 Å². The summed E-state index contributed by atoms with van der Waals surface area (Å²) in [6.45, 7) is 5.59. The molecular formula is C29H31ClN4O2. The van der Waals surface area contributed by atoms with Gasteiger partial charge in [-0.1, -0.05) is 42.0 Å². The van der Waals surface area contributed by atoms with Crippen LogP contribution in [-0.4, -0.2) is 32.7 Å². The third-order valence-electron chi connectivity index (χ3n) is 5.73. The molecule has 2 N–H and O–H groups in total. The maximum atomic E-state index is 12.6. The van der Waals surface area contributed by atoms with Crippen molar-refractivity contribution < 1.29 is 9.53 Å². The molecule has 0 radical (unpaired) electrons. The van der Waals surface area contributed by atoms with E-state index in [1.54, 1.807) is 18.6 Å². The van der Waals surface area contributed by atoms with E-state index >= 15 is 0 Å². The number of hydrogen-bond donors (Lipinski definition) is 2. The van der Waals surface area contributed by atoms with Gasteiger partial charge in [0.05, 0.1) is 0 Å². The van der Waals surface area contributed by atoms with Gasteiger partial charge in [0.1, 0.15) is 10.8 Å². The number of para-hydroxylation sites is 1. The number of pyridine rings is 2.